The van der Waals surface area contributed by atoms with Gasteiger partial charge in [0.25, 0.3) is 5.89 Å². The zero-order valence-electron chi connectivity index (χ0n) is 15.2. The molecule has 0 saturated heterocycles. The van der Waals surface area contributed by atoms with E-state index in [4.69, 9.17) is 13.6 Å². The minimum absolute atomic E-state index is 0.0749. The van der Waals surface area contributed by atoms with E-state index in [1.54, 1.807) is 36.4 Å². The highest BCUT2D eigenvalue weighted by atomic mass is 32.2. The fourth-order valence-electron chi connectivity index (χ4n) is 2.49. The van der Waals surface area contributed by atoms with Gasteiger partial charge in [-0.3, -0.25) is 4.57 Å². The molecule has 148 valence electrons. The van der Waals surface area contributed by atoms with Gasteiger partial charge in [0, 0.05) is 6.54 Å². The third kappa shape index (κ3) is 4.37. The summed E-state index contributed by atoms with van der Waals surface area (Å²) in [6.07, 6.45) is 3.26. The molecule has 4 aromatic rings. The molecule has 4 rings (SSSR count). The smallest absolute Gasteiger partial charge is 0.283 e. The quantitative estimate of drug-likeness (QED) is 0.299. The van der Waals surface area contributed by atoms with Gasteiger partial charge < -0.3 is 13.6 Å². The van der Waals surface area contributed by atoms with E-state index in [9.17, 15) is 4.39 Å². The SMILES string of the molecule is C=CCn1c(COc2ccccc2F)nnc1SCc1nnc(-c2ccco2)o1. The lowest BCUT2D eigenvalue weighted by Crippen LogP contribution is -2.08. The van der Waals surface area contributed by atoms with Gasteiger partial charge in [-0.2, -0.15) is 0 Å². The monoisotopic (exact) mass is 413 g/mol. The second-order valence-electron chi connectivity index (χ2n) is 5.78. The van der Waals surface area contributed by atoms with Gasteiger partial charge in [0.05, 0.1) is 12.0 Å². The van der Waals surface area contributed by atoms with Gasteiger partial charge in [0.1, 0.15) is 6.61 Å². The highest BCUT2D eigenvalue weighted by molar-refractivity contribution is 7.98. The van der Waals surface area contributed by atoms with Crippen molar-refractivity contribution in [1.29, 1.82) is 0 Å². The van der Waals surface area contributed by atoms with Gasteiger partial charge in [-0.05, 0) is 24.3 Å². The molecular weight excluding hydrogens is 397 g/mol. The molecule has 0 saturated carbocycles. The minimum Gasteiger partial charge on any atom is -0.483 e. The first kappa shape index (κ1) is 18.9. The molecule has 0 amide bonds. The molecule has 0 unspecified atom stereocenters. The molecular formula is C19H16FN5O3S. The molecule has 0 bridgehead atoms. The molecule has 0 radical (unpaired) electrons. The summed E-state index contributed by atoms with van der Waals surface area (Å²) in [6.45, 7) is 4.32. The van der Waals surface area contributed by atoms with Gasteiger partial charge in [-0.15, -0.1) is 27.0 Å². The Balaban J connectivity index is 1.43. The van der Waals surface area contributed by atoms with E-state index in [-0.39, 0.29) is 12.4 Å². The molecule has 0 atom stereocenters. The zero-order valence-corrected chi connectivity index (χ0v) is 16.0. The third-order valence-corrected chi connectivity index (χ3v) is 4.77. The summed E-state index contributed by atoms with van der Waals surface area (Å²) in [4.78, 5) is 0. The normalized spacial score (nSPS) is 10.9. The van der Waals surface area contributed by atoms with Gasteiger partial charge in [-0.25, -0.2) is 4.39 Å². The van der Waals surface area contributed by atoms with Crippen LogP contribution in [0.3, 0.4) is 0 Å². The lowest BCUT2D eigenvalue weighted by Gasteiger charge is -2.09. The first-order valence-electron chi connectivity index (χ1n) is 8.64. The predicted octanol–water partition coefficient (Wildman–Crippen LogP) is 4.12. The first-order chi connectivity index (χ1) is 14.2. The van der Waals surface area contributed by atoms with Crippen molar-refractivity contribution in [3.8, 4) is 17.4 Å². The maximum absolute atomic E-state index is 13.7. The number of thioether (sulfide) groups is 1. The molecule has 0 aliphatic heterocycles. The van der Waals surface area contributed by atoms with Crippen LogP contribution in [0.25, 0.3) is 11.7 Å². The van der Waals surface area contributed by atoms with Crippen LogP contribution in [-0.4, -0.2) is 25.0 Å². The number of allylic oxidation sites excluding steroid dienone is 1. The summed E-state index contributed by atoms with van der Waals surface area (Å²) in [7, 11) is 0. The van der Waals surface area contributed by atoms with Gasteiger partial charge in [0.2, 0.25) is 5.89 Å². The lowest BCUT2D eigenvalue weighted by atomic mass is 10.3. The summed E-state index contributed by atoms with van der Waals surface area (Å²) < 4.78 is 31.9. The van der Waals surface area contributed by atoms with Crippen LogP contribution in [0, 0.1) is 5.82 Å². The number of nitrogens with zero attached hydrogens (tertiary/aromatic N) is 5. The van der Waals surface area contributed by atoms with E-state index >= 15 is 0 Å². The van der Waals surface area contributed by atoms with E-state index in [1.165, 1.54) is 24.1 Å². The Hall–Kier alpha value is -3.40. The Labute approximate surface area is 169 Å². The molecule has 0 fully saturated rings. The zero-order chi connectivity index (χ0) is 20.1. The van der Waals surface area contributed by atoms with Crippen LogP contribution in [-0.2, 0) is 18.9 Å². The topological polar surface area (TPSA) is 92.0 Å². The maximum atomic E-state index is 13.7. The van der Waals surface area contributed by atoms with Crippen LogP contribution in [0.5, 0.6) is 5.75 Å². The number of rotatable bonds is 9. The molecule has 0 spiro atoms. The van der Waals surface area contributed by atoms with Crippen molar-refractivity contribution in [2.45, 2.75) is 24.1 Å². The lowest BCUT2D eigenvalue weighted by molar-refractivity contribution is 0.275. The average Bonchev–Trinajstić information content (AvgIpc) is 3.47. The number of hydrogen-bond acceptors (Lipinski definition) is 8. The Morgan fingerprint density at radius 3 is 2.83 bits per heavy atom. The van der Waals surface area contributed by atoms with E-state index in [0.717, 1.165) is 0 Å². The predicted molar refractivity (Wildman–Crippen MR) is 103 cm³/mol. The number of aromatic nitrogens is 5. The highest BCUT2D eigenvalue weighted by Gasteiger charge is 2.16. The van der Waals surface area contributed by atoms with E-state index in [0.29, 0.717) is 40.8 Å². The number of ether oxygens (including phenoxy) is 1. The Bertz CT molecular complexity index is 1090. The Kier molecular flexibility index (Phi) is 5.71. The molecule has 3 aromatic heterocycles. The standard InChI is InChI=1S/C19H16FN5O3S/c1-2-9-25-16(11-27-14-7-4-3-6-13(14)20)21-24-19(25)29-12-17-22-23-18(28-17)15-8-5-10-26-15/h2-8,10H,1,9,11-12H2. The molecule has 3 heterocycles. The van der Waals surface area contributed by atoms with Crippen LogP contribution < -0.4 is 4.74 Å². The number of para-hydroxylation sites is 1. The summed E-state index contributed by atoms with van der Waals surface area (Å²) in [6, 6.07) is 9.70. The maximum Gasteiger partial charge on any atom is 0.283 e. The molecule has 29 heavy (non-hydrogen) atoms. The largest absolute Gasteiger partial charge is 0.483 e. The second kappa shape index (κ2) is 8.74. The van der Waals surface area contributed by atoms with E-state index < -0.39 is 5.82 Å². The van der Waals surface area contributed by atoms with E-state index in [1.807, 2.05) is 4.57 Å². The summed E-state index contributed by atoms with van der Waals surface area (Å²) in [5.74, 6) is 1.94. The number of hydrogen-bond donors (Lipinski definition) is 0. The third-order valence-electron chi connectivity index (χ3n) is 3.82. The molecule has 0 N–H and O–H groups in total. The van der Waals surface area contributed by atoms with Crippen molar-refractivity contribution in [3.05, 3.63) is 72.8 Å². The Morgan fingerprint density at radius 2 is 2.03 bits per heavy atom. The fourth-order valence-corrected chi connectivity index (χ4v) is 3.29. The summed E-state index contributed by atoms with van der Waals surface area (Å²) in [5, 5.41) is 17.0. The first-order valence-corrected chi connectivity index (χ1v) is 9.62. The molecule has 0 aliphatic carbocycles. The van der Waals surface area contributed by atoms with Crippen molar-refractivity contribution < 1.29 is 18.0 Å². The Morgan fingerprint density at radius 1 is 1.14 bits per heavy atom. The van der Waals surface area contributed by atoms with Crippen LogP contribution in [0.1, 0.15) is 11.7 Å². The van der Waals surface area contributed by atoms with E-state index in [2.05, 4.69) is 27.0 Å². The fraction of sp³-hybridized carbons (Fsp3) is 0.158. The van der Waals surface area contributed by atoms with Crippen LogP contribution in [0.2, 0.25) is 0 Å². The van der Waals surface area contributed by atoms with Gasteiger partial charge >= 0.3 is 0 Å². The van der Waals surface area contributed by atoms with Crippen molar-refractivity contribution >= 4 is 11.8 Å². The van der Waals surface area contributed by atoms with Crippen LogP contribution >= 0.6 is 11.8 Å². The van der Waals surface area contributed by atoms with Crippen molar-refractivity contribution in [2.24, 2.45) is 0 Å². The minimum atomic E-state index is -0.430. The highest BCUT2D eigenvalue weighted by Crippen LogP contribution is 2.25. The van der Waals surface area contributed by atoms with Crippen LogP contribution in [0.15, 0.2) is 69.3 Å². The molecule has 1 aromatic carbocycles. The van der Waals surface area contributed by atoms with Gasteiger partial charge in [-0.1, -0.05) is 30.0 Å². The summed E-state index contributed by atoms with van der Waals surface area (Å²) in [5.41, 5.74) is 0. The number of benzene rings is 1. The van der Waals surface area contributed by atoms with Gasteiger partial charge in [0.15, 0.2) is 28.3 Å². The molecule has 0 aliphatic rings. The molecule has 8 nitrogen and oxygen atoms in total. The summed E-state index contributed by atoms with van der Waals surface area (Å²) >= 11 is 1.38. The van der Waals surface area contributed by atoms with Crippen molar-refractivity contribution in [2.75, 3.05) is 0 Å². The van der Waals surface area contributed by atoms with Crippen LogP contribution in [0.4, 0.5) is 4.39 Å². The van der Waals surface area contributed by atoms with Crippen molar-refractivity contribution in [1.82, 2.24) is 25.0 Å². The number of halogens is 1. The average molecular weight is 413 g/mol. The number of furan rings is 1. The van der Waals surface area contributed by atoms with Crippen molar-refractivity contribution in [3.63, 3.8) is 0 Å². The molecule has 10 heteroatoms. The second-order valence-corrected chi connectivity index (χ2v) is 6.73.